The molecule has 0 bridgehead atoms. The molecule has 0 unspecified atom stereocenters. The molecule has 0 N–H and O–H groups in total. The van der Waals surface area contributed by atoms with E-state index in [9.17, 15) is 22.4 Å². The van der Waals surface area contributed by atoms with E-state index in [4.69, 9.17) is 4.74 Å². The van der Waals surface area contributed by atoms with Gasteiger partial charge >= 0.3 is 5.97 Å². The molecule has 0 aliphatic carbocycles. The summed E-state index contributed by atoms with van der Waals surface area (Å²) in [5.41, 5.74) is -0.599. The Hall–Kier alpha value is -3.27. The Balaban J connectivity index is 2.01. The van der Waals surface area contributed by atoms with E-state index in [-0.39, 0.29) is 23.0 Å². The van der Waals surface area contributed by atoms with E-state index < -0.39 is 34.8 Å². The second-order valence-corrected chi connectivity index (χ2v) is 6.86. The van der Waals surface area contributed by atoms with Crippen LogP contribution in [0, 0.1) is 23.3 Å². The number of thiazole rings is 1. The number of carbonyl (C=O) groups excluding carboxylic acids is 1. The smallest absolute Gasteiger partial charge is 0.342 e. The van der Waals surface area contributed by atoms with Gasteiger partial charge in [-0.05, 0) is 25.1 Å². The zero-order valence-electron chi connectivity index (χ0n) is 14.7. The minimum atomic E-state index is -1.99. The summed E-state index contributed by atoms with van der Waals surface area (Å²) in [6.45, 7) is 1.58. The molecule has 0 spiro atoms. The van der Waals surface area contributed by atoms with Crippen molar-refractivity contribution < 1.29 is 27.1 Å². The summed E-state index contributed by atoms with van der Waals surface area (Å²) < 4.78 is 62.5. The van der Waals surface area contributed by atoms with Crippen LogP contribution in [0.2, 0.25) is 0 Å². The van der Waals surface area contributed by atoms with Crippen molar-refractivity contribution in [1.82, 2.24) is 14.8 Å². The lowest BCUT2D eigenvalue weighted by Crippen LogP contribution is -2.09. The zero-order chi connectivity index (χ0) is 20.7. The van der Waals surface area contributed by atoms with Gasteiger partial charge in [-0.3, -0.25) is 0 Å². The summed E-state index contributed by atoms with van der Waals surface area (Å²) in [7, 11) is 0. The molecule has 10 heteroatoms. The van der Waals surface area contributed by atoms with Crippen LogP contribution < -0.4 is 0 Å². The van der Waals surface area contributed by atoms with Crippen LogP contribution in [0.3, 0.4) is 0 Å². The molecule has 0 aliphatic rings. The molecule has 0 aliphatic heterocycles. The first-order valence-electron chi connectivity index (χ1n) is 8.36. The van der Waals surface area contributed by atoms with Crippen LogP contribution in [0.25, 0.3) is 26.6 Å². The van der Waals surface area contributed by atoms with Gasteiger partial charge in [0.15, 0.2) is 23.3 Å². The lowest BCUT2D eigenvalue weighted by molar-refractivity contribution is 0.0527. The number of rotatable bonds is 4. The number of esters is 1. The largest absolute Gasteiger partial charge is 0.462 e. The lowest BCUT2D eigenvalue weighted by atomic mass is 10.1. The van der Waals surface area contributed by atoms with Gasteiger partial charge in [-0.2, -0.15) is 5.10 Å². The van der Waals surface area contributed by atoms with E-state index in [1.807, 2.05) is 0 Å². The van der Waals surface area contributed by atoms with Crippen molar-refractivity contribution in [1.29, 1.82) is 0 Å². The highest BCUT2D eigenvalue weighted by Gasteiger charge is 2.28. The lowest BCUT2D eigenvalue weighted by Gasteiger charge is -2.10. The van der Waals surface area contributed by atoms with Crippen LogP contribution in [-0.4, -0.2) is 27.3 Å². The number of carbonyl (C=O) groups is 1. The predicted molar refractivity (Wildman–Crippen MR) is 98.0 cm³/mol. The summed E-state index contributed by atoms with van der Waals surface area (Å²) in [6, 6.07) is 7.57. The van der Waals surface area contributed by atoms with Crippen molar-refractivity contribution in [2.75, 3.05) is 6.61 Å². The van der Waals surface area contributed by atoms with Crippen LogP contribution >= 0.6 is 11.3 Å². The third kappa shape index (κ3) is 3.15. The van der Waals surface area contributed by atoms with E-state index in [1.165, 1.54) is 11.3 Å². The Morgan fingerprint density at radius 1 is 1.14 bits per heavy atom. The number of aromatic nitrogens is 3. The quantitative estimate of drug-likeness (QED) is 0.204. The first-order chi connectivity index (χ1) is 13.9. The van der Waals surface area contributed by atoms with Crippen LogP contribution in [0.5, 0.6) is 0 Å². The average molecular weight is 421 g/mol. The second kappa shape index (κ2) is 7.28. The third-order valence-electron chi connectivity index (χ3n) is 4.09. The molecule has 4 aromatic rings. The fraction of sp³-hybridized carbons (Fsp3) is 0.105. The Bertz CT molecular complexity index is 1220. The molecule has 0 saturated heterocycles. The monoisotopic (exact) mass is 421 g/mol. The van der Waals surface area contributed by atoms with Crippen molar-refractivity contribution in [2.45, 2.75) is 6.92 Å². The van der Waals surface area contributed by atoms with Gasteiger partial charge in [0.05, 0.1) is 28.7 Å². The van der Waals surface area contributed by atoms with Crippen molar-refractivity contribution in [3.05, 3.63) is 65.4 Å². The maximum absolute atomic E-state index is 14.5. The number of hydrogen-bond acceptors (Lipinski definition) is 5. The summed E-state index contributed by atoms with van der Waals surface area (Å²) in [4.78, 5) is 16.7. The summed E-state index contributed by atoms with van der Waals surface area (Å²) in [6.07, 6.45) is 1.08. The highest BCUT2D eigenvalue weighted by Crippen LogP contribution is 2.34. The van der Waals surface area contributed by atoms with Gasteiger partial charge in [0, 0.05) is 5.56 Å². The van der Waals surface area contributed by atoms with Crippen LogP contribution in [0.15, 0.2) is 36.5 Å². The molecule has 0 saturated carbocycles. The predicted octanol–water partition coefficient (Wildman–Crippen LogP) is 4.88. The van der Waals surface area contributed by atoms with Gasteiger partial charge in [0.25, 0.3) is 0 Å². The molecule has 29 heavy (non-hydrogen) atoms. The van der Waals surface area contributed by atoms with Gasteiger partial charge in [-0.25, -0.2) is 32.0 Å². The third-order valence-corrected chi connectivity index (χ3v) is 5.10. The molecule has 5 nitrogen and oxygen atoms in total. The maximum Gasteiger partial charge on any atom is 0.342 e. The summed E-state index contributed by atoms with van der Waals surface area (Å²) >= 11 is 1.17. The van der Waals surface area contributed by atoms with E-state index >= 15 is 0 Å². The first kappa shape index (κ1) is 19.1. The van der Waals surface area contributed by atoms with E-state index in [1.54, 1.807) is 31.2 Å². The SMILES string of the molecule is CCOC(=O)c1cnn(-c2nc3ccccc3s2)c1-c1cc(F)c(F)c(F)c1F. The normalized spacial score (nSPS) is 11.2. The van der Waals surface area contributed by atoms with Gasteiger partial charge in [-0.1, -0.05) is 23.5 Å². The van der Waals surface area contributed by atoms with Gasteiger partial charge in [-0.15, -0.1) is 0 Å². The van der Waals surface area contributed by atoms with Gasteiger partial charge in [0.1, 0.15) is 5.56 Å². The maximum atomic E-state index is 14.5. The van der Waals surface area contributed by atoms with Gasteiger partial charge in [0.2, 0.25) is 5.13 Å². The Morgan fingerprint density at radius 3 is 2.62 bits per heavy atom. The van der Waals surface area contributed by atoms with Crippen molar-refractivity contribution in [3.8, 4) is 16.4 Å². The molecule has 4 rings (SSSR count). The van der Waals surface area contributed by atoms with Crippen LogP contribution in [-0.2, 0) is 4.74 Å². The van der Waals surface area contributed by atoms with Crippen LogP contribution in [0.4, 0.5) is 17.6 Å². The molecular weight excluding hydrogens is 410 g/mol. The summed E-state index contributed by atoms with van der Waals surface area (Å²) in [5, 5.41) is 4.27. The number of halogens is 4. The van der Waals surface area contributed by atoms with E-state index in [0.717, 1.165) is 15.6 Å². The highest BCUT2D eigenvalue weighted by molar-refractivity contribution is 7.20. The number of fused-ring (bicyclic) bond motifs is 1. The zero-order valence-corrected chi connectivity index (χ0v) is 15.6. The molecule has 148 valence electrons. The standard InChI is InChI=1S/C19H11F4N3O2S/c1-2-28-18(27)10-8-24-26(19-25-12-5-3-4-6-13(12)29-19)17(10)9-7-11(20)15(22)16(23)14(9)21/h3-8H,2H2,1H3. The second-order valence-electron chi connectivity index (χ2n) is 5.85. The topological polar surface area (TPSA) is 57.0 Å². The number of ether oxygens (including phenoxy) is 1. The average Bonchev–Trinajstić information content (AvgIpc) is 3.33. The minimum Gasteiger partial charge on any atom is -0.462 e. The van der Waals surface area contributed by atoms with Crippen molar-refractivity contribution in [3.63, 3.8) is 0 Å². The molecule has 2 aromatic heterocycles. The Labute approximate surface area is 165 Å². The summed E-state index contributed by atoms with van der Waals surface area (Å²) in [5.74, 6) is -8.08. The molecule has 0 radical (unpaired) electrons. The highest BCUT2D eigenvalue weighted by atomic mass is 32.1. The Morgan fingerprint density at radius 2 is 1.90 bits per heavy atom. The number of hydrogen-bond donors (Lipinski definition) is 0. The van der Waals surface area contributed by atoms with E-state index in [2.05, 4.69) is 10.1 Å². The molecule has 0 atom stereocenters. The molecule has 2 aromatic carbocycles. The molecular formula is C19H11F4N3O2S. The Kier molecular flexibility index (Phi) is 4.79. The minimum absolute atomic E-state index is 0.0131. The van der Waals surface area contributed by atoms with Crippen molar-refractivity contribution in [2.24, 2.45) is 0 Å². The van der Waals surface area contributed by atoms with Crippen molar-refractivity contribution >= 4 is 27.5 Å². The fourth-order valence-corrected chi connectivity index (χ4v) is 3.74. The fourth-order valence-electron chi connectivity index (χ4n) is 2.81. The first-order valence-corrected chi connectivity index (χ1v) is 9.18. The van der Waals surface area contributed by atoms with E-state index in [0.29, 0.717) is 11.6 Å². The molecule has 0 amide bonds. The number of nitrogens with zero attached hydrogens (tertiary/aromatic N) is 3. The number of benzene rings is 2. The molecule has 2 heterocycles. The van der Waals surface area contributed by atoms with Crippen LogP contribution in [0.1, 0.15) is 17.3 Å². The molecule has 0 fully saturated rings. The number of para-hydroxylation sites is 1. The van der Waals surface area contributed by atoms with Gasteiger partial charge < -0.3 is 4.74 Å².